The summed E-state index contributed by atoms with van der Waals surface area (Å²) in [6.45, 7) is 1.69. The van der Waals surface area contributed by atoms with Crippen molar-refractivity contribution in [3.8, 4) is 0 Å². The number of halogens is 1. The Balaban J connectivity index is 1.64. The van der Waals surface area contributed by atoms with E-state index in [2.05, 4.69) is 20.3 Å². The third kappa shape index (κ3) is 3.22. The van der Waals surface area contributed by atoms with Crippen LogP contribution in [0, 0.1) is 0 Å². The summed E-state index contributed by atoms with van der Waals surface area (Å²) in [7, 11) is 1.76. The lowest BCUT2D eigenvalue weighted by atomic mass is 10.1. The van der Waals surface area contributed by atoms with Gasteiger partial charge in [0.1, 0.15) is 11.5 Å². The Labute approximate surface area is 134 Å². The van der Waals surface area contributed by atoms with Crippen LogP contribution in [0.5, 0.6) is 0 Å². The van der Waals surface area contributed by atoms with Crippen molar-refractivity contribution < 1.29 is 4.79 Å². The summed E-state index contributed by atoms with van der Waals surface area (Å²) in [6.07, 6.45) is 5.25. The van der Waals surface area contributed by atoms with Gasteiger partial charge in [0.05, 0.1) is 5.02 Å². The minimum atomic E-state index is -0.0871. The molecule has 3 heterocycles. The highest BCUT2D eigenvalue weighted by molar-refractivity contribution is 6.30. The lowest BCUT2D eigenvalue weighted by Gasteiger charge is -2.34. The number of piperidine rings is 1. The van der Waals surface area contributed by atoms with Gasteiger partial charge in [-0.3, -0.25) is 9.48 Å². The van der Waals surface area contributed by atoms with E-state index >= 15 is 0 Å². The van der Waals surface area contributed by atoms with Gasteiger partial charge in [-0.15, -0.1) is 0 Å². The van der Waals surface area contributed by atoms with Crippen LogP contribution < -0.4 is 10.2 Å². The molecule has 1 saturated heterocycles. The predicted molar refractivity (Wildman–Crippen MR) is 85.2 cm³/mol. The van der Waals surface area contributed by atoms with E-state index in [1.54, 1.807) is 30.2 Å². The van der Waals surface area contributed by atoms with Crippen molar-refractivity contribution in [2.75, 3.05) is 18.0 Å². The van der Waals surface area contributed by atoms with E-state index in [1.165, 1.54) is 0 Å². The molecule has 1 unspecified atom stereocenters. The van der Waals surface area contributed by atoms with Crippen LogP contribution in [0.3, 0.4) is 0 Å². The van der Waals surface area contributed by atoms with Gasteiger partial charge in [-0.2, -0.15) is 5.10 Å². The van der Waals surface area contributed by atoms with E-state index in [1.807, 2.05) is 12.1 Å². The van der Waals surface area contributed by atoms with E-state index < -0.39 is 0 Å². The van der Waals surface area contributed by atoms with Crippen molar-refractivity contribution in [3.63, 3.8) is 0 Å². The highest BCUT2D eigenvalue weighted by Crippen LogP contribution is 2.19. The molecule has 22 heavy (non-hydrogen) atoms. The number of aromatic nitrogens is 3. The SMILES string of the molecule is Cn1nccc1C(=O)NC1CCCN(c2ccc(Cl)cn2)C1. The number of pyridine rings is 1. The first-order valence-corrected chi connectivity index (χ1v) is 7.66. The van der Waals surface area contributed by atoms with Crippen molar-refractivity contribution in [1.29, 1.82) is 0 Å². The molecule has 0 spiro atoms. The summed E-state index contributed by atoms with van der Waals surface area (Å²) >= 11 is 5.87. The fraction of sp³-hybridized carbons (Fsp3) is 0.400. The second-order valence-electron chi connectivity index (χ2n) is 5.43. The molecule has 116 valence electrons. The van der Waals surface area contributed by atoms with Crippen LogP contribution in [-0.2, 0) is 7.05 Å². The second-order valence-corrected chi connectivity index (χ2v) is 5.87. The Morgan fingerprint density at radius 1 is 1.41 bits per heavy atom. The number of amides is 1. The predicted octanol–water partition coefficient (Wildman–Crippen LogP) is 1.87. The first-order valence-electron chi connectivity index (χ1n) is 7.29. The van der Waals surface area contributed by atoms with Gasteiger partial charge in [-0.1, -0.05) is 11.6 Å². The molecule has 0 bridgehead atoms. The van der Waals surface area contributed by atoms with Crippen LogP contribution in [0.1, 0.15) is 23.3 Å². The lowest BCUT2D eigenvalue weighted by Crippen LogP contribution is -2.48. The van der Waals surface area contributed by atoms with Crippen molar-refractivity contribution in [1.82, 2.24) is 20.1 Å². The average molecular weight is 320 g/mol. The molecule has 1 fully saturated rings. The monoisotopic (exact) mass is 319 g/mol. The summed E-state index contributed by atoms with van der Waals surface area (Å²) in [5, 5.41) is 7.73. The molecule has 0 aliphatic carbocycles. The molecule has 0 saturated carbocycles. The number of carbonyl (C=O) groups excluding carboxylic acids is 1. The number of aryl methyl sites for hydroxylation is 1. The minimum Gasteiger partial charge on any atom is -0.355 e. The molecular formula is C15H18ClN5O. The topological polar surface area (TPSA) is 63.1 Å². The normalized spacial score (nSPS) is 18.3. The average Bonchev–Trinajstić information content (AvgIpc) is 2.94. The number of carbonyl (C=O) groups is 1. The molecule has 7 heteroatoms. The maximum absolute atomic E-state index is 12.3. The molecule has 3 rings (SSSR count). The third-order valence-electron chi connectivity index (χ3n) is 3.85. The van der Waals surface area contributed by atoms with Crippen molar-refractivity contribution in [2.24, 2.45) is 7.05 Å². The molecule has 2 aromatic heterocycles. The number of nitrogens with one attached hydrogen (secondary N) is 1. The fourth-order valence-electron chi connectivity index (χ4n) is 2.71. The third-order valence-corrected chi connectivity index (χ3v) is 4.07. The van der Waals surface area contributed by atoms with Crippen LogP contribution in [-0.4, -0.2) is 39.8 Å². The number of nitrogens with zero attached hydrogens (tertiary/aromatic N) is 4. The minimum absolute atomic E-state index is 0.0871. The van der Waals surface area contributed by atoms with Crippen molar-refractivity contribution in [3.05, 3.63) is 41.3 Å². The van der Waals surface area contributed by atoms with E-state index in [4.69, 9.17) is 11.6 Å². The molecule has 0 radical (unpaired) electrons. The summed E-state index contributed by atoms with van der Waals surface area (Å²) in [5.41, 5.74) is 0.571. The Morgan fingerprint density at radius 3 is 2.95 bits per heavy atom. The largest absolute Gasteiger partial charge is 0.355 e. The molecule has 1 aliphatic rings. The van der Waals surface area contributed by atoms with Gasteiger partial charge in [-0.25, -0.2) is 4.98 Å². The maximum Gasteiger partial charge on any atom is 0.269 e. The summed E-state index contributed by atoms with van der Waals surface area (Å²) < 4.78 is 1.58. The molecule has 6 nitrogen and oxygen atoms in total. The second kappa shape index (κ2) is 6.36. The van der Waals surface area contributed by atoms with Gasteiger partial charge in [-0.05, 0) is 31.0 Å². The summed E-state index contributed by atoms with van der Waals surface area (Å²) in [6, 6.07) is 5.57. The quantitative estimate of drug-likeness (QED) is 0.938. The van der Waals surface area contributed by atoms with E-state index in [0.717, 1.165) is 31.7 Å². The van der Waals surface area contributed by atoms with Crippen LogP contribution >= 0.6 is 11.6 Å². The summed E-state index contributed by atoms with van der Waals surface area (Å²) in [4.78, 5) is 18.8. The van der Waals surface area contributed by atoms with E-state index in [0.29, 0.717) is 10.7 Å². The van der Waals surface area contributed by atoms with Crippen molar-refractivity contribution >= 4 is 23.3 Å². The fourth-order valence-corrected chi connectivity index (χ4v) is 2.83. The highest BCUT2D eigenvalue weighted by Gasteiger charge is 2.23. The molecule has 2 aromatic rings. The molecule has 0 aromatic carbocycles. The molecular weight excluding hydrogens is 302 g/mol. The molecule has 1 atom stereocenters. The number of hydrogen-bond donors (Lipinski definition) is 1. The van der Waals surface area contributed by atoms with Gasteiger partial charge < -0.3 is 10.2 Å². The van der Waals surface area contributed by atoms with E-state index in [-0.39, 0.29) is 11.9 Å². The van der Waals surface area contributed by atoms with Gasteiger partial charge in [0, 0.05) is 38.6 Å². The number of rotatable bonds is 3. The first-order chi connectivity index (χ1) is 10.6. The smallest absolute Gasteiger partial charge is 0.269 e. The molecule has 1 amide bonds. The Kier molecular flexibility index (Phi) is 4.29. The maximum atomic E-state index is 12.3. The van der Waals surface area contributed by atoms with Gasteiger partial charge >= 0.3 is 0 Å². The molecule has 1 N–H and O–H groups in total. The standard InChI is InChI=1S/C15H18ClN5O/c1-20-13(6-7-18-20)15(22)19-12-3-2-8-21(10-12)14-5-4-11(16)9-17-14/h4-7,9,12H,2-3,8,10H2,1H3,(H,19,22). The van der Waals surface area contributed by atoms with Gasteiger partial charge in [0.25, 0.3) is 5.91 Å². The zero-order chi connectivity index (χ0) is 15.5. The summed E-state index contributed by atoms with van der Waals surface area (Å²) in [5.74, 6) is 0.805. The van der Waals surface area contributed by atoms with Gasteiger partial charge in [0.2, 0.25) is 0 Å². The Bertz CT molecular complexity index is 654. The number of anilines is 1. The van der Waals surface area contributed by atoms with Crippen molar-refractivity contribution in [2.45, 2.75) is 18.9 Å². The van der Waals surface area contributed by atoms with Crippen LogP contribution in [0.4, 0.5) is 5.82 Å². The molecule has 1 aliphatic heterocycles. The Morgan fingerprint density at radius 2 is 2.27 bits per heavy atom. The van der Waals surface area contributed by atoms with Gasteiger partial charge in [0.15, 0.2) is 0 Å². The number of hydrogen-bond acceptors (Lipinski definition) is 4. The zero-order valence-corrected chi connectivity index (χ0v) is 13.1. The van der Waals surface area contributed by atoms with Crippen LogP contribution in [0.25, 0.3) is 0 Å². The van der Waals surface area contributed by atoms with Crippen LogP contribution in [0.2, 0.25) is 5.02 Å². The van der Waals surface area contributed by atoms with Crippen LogP contribution in [0.15, 0.2) is 30.6 Å². The zero-order valence-electron chi connectivity index (χ0n) is 12.4. The highest BCUT2D eigenvalue weighted by atomic mass is 35.5. The lowest BCUT2D eigenvalue weighted by molar-refractivity contribution is 0.0923. The first kappa shape index (κ1) is 14.8. The Hall–Kier alpha value is -2.08. The van der Waals surface area contributed by atoms with E-state index in [9.17, 15) is 4.79 Å².